The predicted molar refractivity (Wildman–Crippen MR) is 73.6 cm³/mol. The van der Waals surface area contributed by atoms with Gasteiger partial charge in [0.25, 0.3) is 5.91 Å². The number of aromatic nitrogens is 2. The van der Waals surface area contributed by atoms with Gasteiger partial charge >= 0.3 is 5.97 Å². The van der Waals surface area contributed by atoms with E-state index in [-0.39, 0.29) is 24.9 Å². The number of rotatable bonds is 7. The number of aryl methyl sites for hydroxylation is 2. The first kappa shape index (κ1) is 14.6. The maximum Gasteiger partial charge on any atom is 0.305 e. The van der Waals surface area contributed by atoms with Gasteiger partial charge in [-0.1, -0.05) is 6.92 Å². The molecule has 0 atom stereocenters. The standard InChI is InChI=1S/C14H21N3O3/c1-3-10-9-12(17(4-2)15-10)14(20)16(11-5-6-11)8-7-13(18)19/h9,11H,3-8H2,1-2H3,(H,18,19). The van der Waals surface area contributed by atoms with Gasteiger partial charge < -0.3 is 10.0 Å². The Morgan fingerprint density at radius 3 is 2.65 bits per heavy atom. The molecule has 0 unspecified atom stereocenters. The summed E-state index contributed by atoms with van der Waals surface area (Å²) in [4.78, 5) is 25.0. The summed E-state index contributed by atoms with van der Waals surface area (Å²) in [6, 6.07) is 2.02. The molecule has 1 saturated carbocycles. The molecule has 1 aromatic rings. The van der Waals surface area contributed by atoms with Crippen LogP contribution in [0.1, 0.15) is 49.3 Å². The van der Waals surface area contributed by atoms with E-state index in [1.54, 1.807) is 9.58 Å². The van der Waals surface area contributed by atoms with E-state index >= 15 is 0 Å². The number of aliphatic carboxylic acids is 1. The molecule has 20 heavy (non-hydrogen) atoms. The summed E-state index contributed by atoms with van der Waals surface area (Å²) in [5.41, 5.74) is 1.46. The highest BCUT2D eigenvalue weighted by atomic mass is 16.4. The van der Waals surface area contributed by atoms with Crippen LogP contribution in [0.15, 0.2) is 6.07 Å². The number of carboxylic acid groups (broad SMARTS) is 1. The predicted octanol–water partition coefficient (Wildman–Crippen LogP) is 1.54. The first-order valence-corrected chi connectivity index (χ1v) is 7.16. The van der Waals surface area contributed by atoms with Gasteiger partial charge in [-0.2, -0.15) is 5.10 Å². The Bertz CT molecular complexity index is 506. The summed E-state index contributed by atoms with van der Waals surface area (Å²) in [6.07, 6.45) is 2.70. The van der Waals surface area contributed by atoms with Crippen molar-refractivity contribution in [1.29, 1.82) is 0 Å². The SMILES string of the molecule is CCc1cc(C(=O)N(CCC(=O)O)C2CC2)n(CC)n1. The van der Waals surface area contributed by atoms with E-state index in [2.05, 4.69) is 5.10 Å². The molecule has 110 valence electrons. The Kier molecular flexibility index (Phi) is 4.42. The molecular weight excluding hydrogens is 258 g/mol. The zero-order valence-corrected chi connectivity index (χ0v) is 12.0. The van der Waals surface area contributed by atoms with Crippen molar-refractivity contribution in [2.45, 2.75) is 52.1 Å². The molecule has 1 N–H and O–H groups in total. The molecule has 1 fully saturated rings. The van der Waals surface area contributed by atoms with Crippen LogP contribution in [0, 0.1) is 0 Å². The Balaban J connectivity index is 2.18. The largest absolute Gasteiger partial charge is 0.481 e. The second-order valence-electron chi connectivity index (χ2n) is 5.06. The first-order valence-electron chi connectivity index (χ1n) is 7.16. The fourth-order valence-electron chi connectivity index (χ4n) is 2.26. The molecule has 6 nitrogen and oxygen atoms in total. The fraction of sp³-hybridized carbons (Fsp3) is 0.643. The lowest BCUT2D eigenvalue weighted by Gasteiger charge is -2.21. The molecule has 0 aromatic carbocycles. The molecule has 1 heterocycles. The Morgan fingerprint density at radius 1 is 1.45 bits per heavy atom. The molecule has 6 heteroatoms. The number of hydrogen-bond donors (Lipinski definition) is 1. The minimum absolute atomic E-state index is 0.0108. The zero-order valence-electron chi connectivity index (χ0n) is 12.0. The van der Waals surface area contributed by atoms with E-state index < -0.39 is 5.97 Å². The number of hydrogen-bond acceptors (Lipinski definition) is 3. The van der Waals surface area contributed by atoms with Crippen LogP contribution in [0.5, 0.6) is 0 Å². The van der Waals surface area contributed by atoms with E-state index in [4.69, 9.17) is 5.11 Å². The van der Waals surface area contributed by atoms with Gasteiger partial charge in [-0.3, -0.25) is 14.3 Å². The maximum absolute atomic E-state index is 12.6. The van der Waals surface area contributed by atoms with E-state index in [0.717, 1.165) is 25.0 Å². The Hall–Kier alpha value is -1.85. The van der Waals surface area contributed by atoms with Crippen LogP contribution in [0.2, 0.25) is 0 Å². The minimum Gasteiger partial charge on any atom is -0.481 e. The van der Waals surface area contributed by atoms with Gasteiger partial charge in [-0.05, 0) is 32.3 Å². The molecule has 1 aromatic heterocycles. The third kappa shape index (κ3) is 3.18. The molecule has 2 rings (SSSR count). The van der Waals surface area contributed by atoms with Gasteiger partial charge in [0.05, 0.1) is 12.1 Å². The monoisotopic (exact) mass is 279 g/mol. The normalized spacial score (nSPS) is 14.3. The van der Waals surface area contributed by atoms with Crippen molar-refractivity contribution in [1.82, 2.24) is 14.7 Å². The summed E-state index contributed by atoms with van der Waals surface area (Å²) < 4.78 is 1.71. The highest BCUT2D eigenvalue weighted by Crippen LogP contribution is 2.28. The number of nitrogens with zero attached hydrogens (tertiary/aromatic N) is 3. The Morgan fingerprint density at radius 2 is 2.15 bits per heavy atom. The first-order chi connectivity index (χ1) is 9.56. The maximum atomic E-state index is 12.6. The second kappa shape index (κ2) is 6.07. The van der Waals surface area contributed by atoms with Crippen LogP contribution >= 0.6 is 0 Å². The molecule has 1 aliphatic rings. The van der Waals surface area contributed by atoms with Crippen molar-refractivity contribution in [3.63, 3.8) is 0 Å². The van der Waals surface area contributed by atoms with Crippen LogP contribution in [-0.4, -0.2) is 44.3 Å². The third-order valence-electron chi connectivity index (χ3n) is 3.53. The van der Waals surface area contributed by atoms with E-state index in [9.17, 15) is 9.59 Å². The summed E-state index contributed by atoms with van der Waals surface area (Å²) >= 11 is 0. The molecule has 0 saturated heterocycles. The number of amides is 1. The van der Waals surface area contributed by atoms with Crippen molar-refractivity contribution >= 4 is 11.9 Å². The summed E-state index contributed by atoms with van der Waals surface area (Å²) in [5, 5.41) is 13.2. The molecule has 0 aliphatic heterocycles. The third-order valence-corrected chi connectivity index (χ3v) is 3.53. The van der Waals surface area contributed by atoms with Crippen molar-refractivity contribution in [3.8, 4) is 0 Å². The summed E-state index contributed by atoms with van der Waals surface area (Å²) in [7, 11) is 0. The quantitative estimate of drug-likeness (QED) is 0.821. The highest BCUT2D eigenvalue weighted by molar-refractivity contribution is 5.93. The van der Waals surface area contributed by atoms with Crippen molar-refractivity contribution in [2.75, 3.05) is 6.54 Å². The lowest BCUT2D eigenvalue weighted by molar-refractivity contribution is -0.137. The lowest BCUT2D eigenvalue weighted by Crippen LogP contribution is -2.36. The summed E-state index contributed by atoms with van der Waals surface area (Å²) in [6.45, 7) is 4.86. The van der Waals surface area contributed by atoms with Crippen molar-refractivity contribution in [2.24, 2.45) is 0 Å². The second-order valence-corrected chi connectivity index (χ2v) is 5.06. The Labute approximate surface area is 118 Å². The van der Waals surface area contributed by atoms with Crippen LogP contribution in [0.25, 0.3) is 0 Å². The van der Waals surface area contributed by atoms with Gasteiger partial charge in [0.15, 0.2) is 0 Å². The zero-order chi connectivity index (χ0) is 14.7. The molecule has 1 amide bonds. The van der Waals surface area contributed by atoms with E-state index in [0.29, 0.717) is 12.2 Å². The van der Waals surface area contributed by atoms with Crippen LogP contribution in [0.4, 0.5) is 0 Å². The van der Waals surface area contributed by atoms with Gasteiger partial charge in [0.2, 0.25) is 0 Å². The topological polar surface area (TPSA) is 75.4 Å². The lowest BCUT2D eigenvalue weighted by atomic mass is 10.2. The molecule has 0 bridgehead atoms. The fourth-order valence-corrected chi connectivity index (χ4v) is 2.26. The van der Waals surface area contributed by atoms with E-state index in [1.807, 2.05) is 19.9 Å². The molecule has 0 spiro atoms. The smallest absolute Gasteiger partial charge is 0.305 e. The number of carbonyl (C=O) groups excluding carboxylic acids is 1. The van der Waals surface area contributed by atoms with Crippen LogP contribution in [0.3, 0.4) is 0 Å². The summed E-state index contributed by atoms with van der Waals surface area (Å²) in [5.74, 6) is -0.968. The average Bonchev–Trinajstić information content (AvgIpc) is 3.16. The van der Waals surface area contributed by atoms with E-state index in [1.165, 1.54) is 0 Å². The van der Waals surface area contributed by atoms with Crippen molar-refractivity contribution < 1.29 is 14.7 Å². The van der Waals surface area contributed by atoms with Crippen LogP contribution in [-0.2, 0) is 17.8 Å². The van der Waals surface area contributed by atoms with Gasteiger partial charge in [0.1, 0.15) is 5.69 Å². The average molecular weight is 279 g/mol. The molecular formula is C14H21N3O3. The van der Waals surface area contributed by atoms with Gasteiger partial charge in [-0.15, -0.1) is 0 Å². The van der Waals surface area contributed by atoms with Crippen molar-refractivity contribution in [3.05, 3.63) is 17.5 Å². The molecule has 0 radical (unpaired) electrons. The highest BCUT2D eigenvalue weighted by Gasteiger charge is 2.34. The van der Waals surface area contributed by atoms with Gasteiger partial charge in [-0.25, -0.2) is 0 Å². The van der Waals surface area contributed by atoms with Gasteiger partial charge in [0, 0.05) is 19.1 Å². The van der Waals surface area contributed by atoms with Crippen LogP contribution < -0.4 is 0 Å². The minimum atomic E-state index is -0.873. The number of carbonyl (C=O) groups is 2. The molecule has 1 aliphatic carbocycles. The number of carboxylic acids is 1.